The summed E-state index contributed by atoms with van der Waals surface area (Å²) in [6.45, 7) is 3.40. The fraction of sp³-hybridized carbons (Fsp3) is 0.200. The van der Waals surface area contributed by atoms with Gasteiger partial charge in [-0.15, -0.1) is 0 Å². The van der Waals surface area contributed by atoms with Crippen molar-refractivity contribution in [3.8, 4) is 0 Å². The molecule has 0 amide bonds. The van der Waals surface area contributed by atoms with Crippen LogP contribution in [0.15, 0.2) is 17.0 Å². The number of thioether (sulfide) groups is 1. The summed E-state index contributed by atoms with van der Waals surface area (Å²) in [5.74, 6) is 0. The molecule has 0 aromatic carbocycles. The highest BCUT2D eigenvalue weighted by Crippen LogP contribution is 2.06. The molecule has 50 valence electrons. The molecule has 0 heterocycles. The minimum atomic E-state index is -0.539. The molecule has 0 fully saturated rings. The van der Waals surface area contributed by atoms with Gasteiger partial charge in [0.2, 0.25) is 0 Å². The quantitative estimate of drug-likeness (QED) is 0.352. The zero-order valence-electron chi connectivity index (χ0n) is 4.93. The molecule has 0 atom stereocenters. The molecule has 0 unspecified atom stereocenters. The molecular formula is C5H6ClNOS. The zero-order chi connectivity index (χ0) is 7.28. The van der Waals surface area contributed by atoms with E-state index in [1.165, 1.54) is 12.5 Å². The molecule has 0 aromatic rings. The first kappa shape index (κ1) is 8.72. The molecule has 0 saturated heterocycles. The van der Waals surface area contributed by atoms with E-state index in [2.05, 4.69) is 11.6 Å². The van der Waals surface area contributed by atoms with E-state index in [1.54, 1.807) is 0 Å². The third-order valence-electron chi connectivity index (χ3n) is 0.566. The Morgan fingerprint density at radius 3 is 2.56 bits per heavy atom. The summed E-state index contributed by atoms with van der Waals surface area (Å²) in [4.78, 5) is 13.9. The minimum Gasteiger partial charge on any atom is -0.277 e. The van der Waals surface area contributed by atoms with Crippen molar-refractivity contribution in [2.75, 3.05) is 7.05 Å². The second kappa shape index (κ2) is 4.58. The van der Waals surface area contributed by atoms with Crippen LogP contribution in [0.5, 0.6) is 0 Å². The number of carbonyl (C=O) groups is 1. The molecule has 9 heavy (non-hydrogen) atoms. The summed E-state index contributed by atoms with van der Waals surface area (Å²) in [5.41, 5.74) is 0. The molecule has 0 spiro atoms. The minimum absolute atomic E-state index is 0.270. The lowest BCUT2D eigenvalue weighted by atomic mass is 10.8. The smallest absolute Gasteiger partial charge is 0.277 e. The van der Waals surface area contributed by atoms with Crippen LogP contribution >= 0.6 is 23.4 Å². The van der Waals surface area contributed by atoms with Crippen LogP contribution < -0.4 is 0 Å². The number of halogens is 1. The van der Waals surface area contributed by atoms with Crippen molar-refractivity contribution in [2.45, 2.75) is 0 Å². The van der Waals surface area contributed by atoms with Crippen LogP contribution in [0.4, 0.5) is 0 Å². The van der Waals surface area contributed by atoms with Crippen molar-refractivity contribution in [1.82, 2.24) is 0 Å². The standard InChI is InChI=1S/C5H6ClNOS/c1-3-9-5(7-2)4(6)8/h3H,1H2,2H3. The van der Waals surface area contributed by atoms with Gasteiger partial charge in [-0.3, -0.25) is 9.79 Å². The van der Waals surface area contributed by atoms with E-state index in [4.69, 9.17) is 11.6 Å². The highest BCUT2D eigenvalue weighted by atomic mass is 35.5. The van der Waals surface area contributed by atoms with Gasteiger partial charge in [-0.1, -0.05) is 18.3 Å². The molecule has 2 nitrogen and oxygen atoms in total. The number of hydrogen-bond donors (Lipinski definition) is 0. The zero-order valence-corrected chi connectivity index (χ0v) is 6.50. The SMILES string of the molecule is C=CSC(=NC)C(=O)Cl. The number of nitrogens with zero attached hydrogens (tertiary/aromatic N) is 1. The lowest BCUT2D eigenvalue weighted by molar-refractivity contribution is -0.106. The van der Waals surface area contributed by atoms with Crippen molar-refractivity contribution in [3.05, 3.63) is 12.0 Å². The third kappa shape index (κ3) is 3.32. The lowest BCUT2D eigenvalue weighted by Crippen LogP contribution is -1.99. The molecule has 0 N–H and O–H groups in total. The van der Waals surface area contributed by atoms with Crippen LogP contribution in [0.25, 0.3) is 0 Å². The second-order valence-electron chi connectivity index (χ2n) is 1.09. The summed E-state index contributed by atoms with van der Waals surface area (Å²) in [5, 5.41) is 1.23. The average Bonchev–Trinajstić information content (AvgIpc) is 1.82. The molecule has 0 bridgehead atoms. The van der Waals surface area contributed by atoms with Gasteiger partial charge in [-0.05, 0) is 17.0 Å². The van der Waals surface area contributed by atoms with Crippen LogP contribution in [-0.4, -0.2) is 17.3 Å². The Morgan fingerprint density at radius 1 is 1.89 bits per heavy atom. The van der Waals surface area contributed by atoms with Gasteiger partial charge < -0.3 is 0 Å². The Balaban J connectivity index is 4.00. The summed E-state index contributed by atoms with van der Waals surface area (Å²) < 4.78 is 0. The highest BCUT2D eigenvalue weighted by Gasteiger charge is 2.03. The maximum absolute atomic E-state index is 10.3. The summed E-state index contributed by atoms with van der Waals surface area (Å²) in [7, 11) is 1.51. The average molecular weight is 164 g/mol. The van der Waals surface area contributed by atoms with E-state index in [0.717, 1.165) is 11.8 Å². The number of aliphatic imine (C=N–C) groups is 1. The van der Waals surface area contributed by atoms with E-state index in [0.29, 0.717) is 0 Å². The van der Waals surface area contributed by atoms with Gasteiger partial charge in [-0.2, -0.15) is 0 Å². The first-order chi connectivity index (χ1) is 4.22. The molecule has 0 saturated carbocycles. The Labute approximate surface area is 63.0 Å². The fourth-order valence-corrected chi connectivity index (χ4v) is 0.840. The fourth-order valence-electron chi connectivity index (χ4n) is 0.266. The van der Waals surface area contributed by atoms with Gasteiger partial charge in [0.05, 0.1) is 0 Å². The largest absolute Gasteiger partial charge is 0.277 e. The van der Waals surface area contributed by atoms with Crippen LogP contribution in [0, 0.1) is 0 Å². The molecule has 4 heteroatoms. The molecule has 0 aliphatic carbocycles. The van der Waals surface area contributed by atoms with E-state index in [9.17, 15) is 4.79 Å². The predicted molar refractivity (Wildman–Crippen MR) is 42.0 cm³/mol. The summed E-state index contributed by atoms with van der Waals surface area (Å²) in [6.07, 6.45) is 0. The lowest BCUT2D eigenvalue weighted by Gasteiger charge is -1.89. The molecule has 0 radical (unpaired) electrons. The molecule has 0 rings (SSSR count). The van der Waals surface area contributed by atoms with Crippen LogP contribution in [-0.2, 0) is 4.79 Å². The van der Waals surface area contributed by atoms with Crippen LogP contribution in [0.2, 0.25) is 0 Å². The molecular weight excluding hydrogens is 158 g/mol. The third-order valence-corrected chi connectivity index (χ3v) is 1.62. The Bertz CT molecular complexity index is 155. The highest BCUT2D eigenvalue weighted by molar-refractivity contribution is 8.18. The van der Waals surface area contributed by atoms with Gasteiger partial charge in [-0.25, -0.2) is 0 Å². The van der Waals surface area contributed by atoms with Gasteiger partial charge in [0, 0.05) is 7.05 Å². The first-order valence-corrected chi connectivity index (χ1v) is 3.42. The molecule has 0 aliphatic heterocycles. The van der Waals surface area contributed by atoms with Gasteiger partial charge in [0.1, 0.15) is 0 Å². The monoisotopic (exact) mass is 163 g/mol. The van der Waals surface area contributed by atoms with Crippen molar-refractivity contribution < 1.29 is 4.79 Å². The van der Waals surface area contributed by atoms with E-state index >= 15 is 0 Å². The Morgan fingerprint density at radius 2 is 2.44 bits per heavy atom. The second-order valence-corrected chi connectivity index (χ2v) is 2.39. The summed E-state index contributed by atoms with van der Waals surface area (Å²) >= 11 is 6.20. The number of hydrogen-bond acceptors (Lipinski definition) is 3. The van der Waals surface area contributed by atoms with E-state index in [1.807, 2.05) is 0 Å². The normalized spacial score (nSPS) is 11.1. The maximum Gasteiger partial charge on any atom is 0.277 e. The predicted octanol–water partition coefficient (Wildman–Crippen LogP) is 1.66. The Hall–Kier alpha value is -0.280. The topological polar surface area (TPSA) is 29.4 Å². The molecule has 0 aromatic heterocycles. The van der Waals surface area contributed by atoms with Crippen molar-refractivity contribution >= 4 is 33.6 Å². The number of carbonyl (C=O) groups excluding carboxylic acids is 1. The summed E-state index contributed by atoms with van der Waals surface area (Å²) in [6, 6.07) is 0. The van der Waals surface area contributed by atoms with Crippen molar-refractivity contribution in [1.29, 1.82) is 0 Å². The maximum atomic E-state index is 10.3. The first-order valence-electron chi connectivity index (χ1n) is 2.16. The van der Waals surface area contributed by atoms with Crippen molar-refractivity contribution in [2.24, 2.45) is 4.99 Å². The number of rotatable bonds is 2. The van der Waals surface area contributed by atoms with Crippen molar-refractivity contribution in [3.63, 3.8) is 0 Å². The van der Waals surface area contributed by atoms with E-state index in [-0.39, 0.29) is 5.04 Å². The van der Waals surface area contributed by atoms with Gasteiger partial charge >= 0.3 is 0 Å². The van der Waals surface area contributed by atoms with Crippen LogP contribution in [0.3, 0.4) is 0 Å². The van der Waals surface area contributed by atoms with Gasteiger partial charge in [0.15, 0.2) is 5.04 Å². The molecule has 0 aliphatic rings. The van der Waals surface area contributed by atoms with Crippen LogP contribution in [0.1, 0.15) is 0 Å². The Kier molecular flexibility index (Phi) is 4.44. The van der Waals surface area contributed by atoms with E-state index < -0.39 is 5.24 Å². The van der Waals surface area contributed by atoms with Gasteiger partial charge in [0.25, 0.3) is 5.24 Å².